The van der Waals surface area contributed by atoms with Crippen molar-refractivity contribution in [3.05, 3.63) is 34.6 Å². The maximum atomic E-state index is 14.0. The Morgan fingerprint density at radius 2 is 2.18 bits per heavy atom. The van der Waals surface area contributed by atoms with Crippen LogP contribution in [0.25, 0.3) is 0 Å². The summed E-state index contributed by atoms with van der Waals surface area (Å²) in [6.45, 7) is 5.12. The zero-order chi connectivity index (χ0) is 12.6. The number of nitrogens with zero attached hydrogens (tertiary/aromatic N) is 1. The molecule has 0 spiro atoms. The second-order valence-corrected chi connectivity index (χ2v) is 5.28. The summed E-state index contributed by atoms with van der Waals surface area (Å²) in [5.41, 5.74) is 6.73. The van der Waals surface area contributed by atoms with Gasteiger partial charge in [0, 0.05) is 24.2 Å². The highest BCUT2D eigenvalue weighted by Gasteiger charge is 2.36. The Morgan fingerprint density at radius 3 is 2.82 bits per heavy atom. The molecule has 4 heteroatoms. The van der Waals surface area contributed by atoms with Gasteiger partial charge in [0.05, 0.1) is 11.1 Å². The highest BCUT2D eigenvalue weighted by atomic mass is 35.5. The molecule has 1 aromatic rings. The fourth-order valence-electron chi connectivity index (χ4n) is 2.58. The Labute approximate surface area is 107 Å². The van der Waals surface area contributed by atoms with Gasteiger partial charge in [0.1, 0.15) is 5.82 Å². The van der Waals surface area contributed by atoms with E-state index in [-0.39, 0.29) is 22.9 Å². The van der Waals surface area contributed by atoms with Gasteiger partial charge in [0.25, 0.3) is 0 Å². The topological polar surface area (TPSA) is 29.3 Å². The monoisotopic (exact) mass is 256 g/mol. The average molecular weight is 257 g/mol. The van der Waals surface area contributed by atoms with Crippen LogP contribution < -0.4 is 5.73 Å². The summed E-state index contributed by atoms with van der Waals surface area (Å²) in [5.74, 6) is -0.331. The molecule has 2 nitrogen and oxygen atoms in total. The van der Waals surface area contributed by atoms with Crippen molar-refractivity contribution < 1.29 is 4.39 Å². The molecule has 94 valence electrons. The minimum Gasteiger partial charge on any atom is -0.326 e. The molecule has 2 N–H and O–H groups in total. The Kier molecular flexibility index (Phi) is 3.71. The first kappa shape index (κ1) is 12.8. The van der Waals surface area contributed by atoms with E-state index in [2.05, 4.69) is 18.7 Å². The molecular weight excluding hydrogens is 239 g/mol. The maximum absolute atomic E-state index is 14.0. The molecule has 1 aromatic carbocycles. The van der Waals surface area contributed by atoms with Crippen molar-refractivity contribution in [1.82, 2.24) is 4.90 Å². The fourth-order valence-corrected chi connectivity index (χ4v) is 2.76. The molecule has 0 bridgehead atoms. The van der Waals surface area contributed by atoms with Crippen molar-refractivity contribution in [2.75, 3.05) is 6.54 Å². The van der Waals surface area contributed by atoms with E-state index in [9.17, 15) is 4.39 Å². The quantitative estimate of drug-likeness (QED) is 0.882. The lowest BCUT2D eigenvalue weighted by molar-refractivity contribution is 0.194. The standard InChI is InChI=1S/C13H18ClFN2/c1-8(2)17-7-6-11(16)13(17)9-4-3-5-10(14)12(9)15/h3-5,8,11,13H,6-7,16H2,1-2H3. The number of likely N-dealkylation sites (tertiary alicyclic amines) is 1. The molecule has 1 fully saturated rings. The zero-order valence-electron chi connectivity index (χ0n) is 10.2. The molecule has 1 saturated heterocycles. The summed E-state index contributed by atoms with van der Waals surface area (Å²) >= 11 is 5.83. The van der Waals surface area contributed by atoms with Crippen LogP contribution in [0.5, 0.6) is 0 Å². The predicted molar refractivity (Wildman–Crippen MR) is 68.6 cm³/mol. The van der Waals surface area contributed by atoms with Crippen LogP contribution in [-0.2, 0) is 0 Å². The summed E-state index contributed by atoms with van der Waals surface area (Å²) in [4.78, 5) is 2.24. The lowest BCUT2D eigenvalue weighted by Crippen LogP contribution is -2.36. The van der Waals surface area contributed by atoms with Gasteiger partial charge < -0.3 is 5.73 Å². The van der Waals surface area contributed by atoms with E-state index in [1.165, 1.54) is 0 Å². The first-order valence-corrected chi connectivity index (χ1v) is 6.35. The third-order valence-corrected chi connectivity index (χ3v) is 3.74. The van der Waals surface area contributed by atoms with Gasteiger partial charge in [-0.15, -0.1) is 0 Å². The van der Waals surface area contributed by atoms with Gasteiger partial charge in [-0.25, -0.2) is 4.39 Å². The number of halogens is 2. The normalized spacial score (nSPS) is 25.8. The second-order valence-electron chi connectivity index (χ2n) is 4.87. The minimum absolute atomic E-state index is 0.0228. The van der Waals surface area contributed by atoms with Crippen LogP contribution in [0.1, 0.15) is 31.9 Å². The van der Waals surface area contributed by atoms with Crippen LogP contribution in [0.4, 0.5) is 4.39 Å². The van der Waals surface area contributed by atoms with Crippen LogP contribution >= 0.6 is 11.6 Å². The van der Waals surface area contributed by atoms with Crippen molar-refractivity contribution in [2.24, 2.45) is 5.73 Å². The van der Waals surface area contributed by atoms with Gasteiger partial charge >= 0.3 is 0 Å². The van der Waals surface area contributed by atoms with E-state index in [1.54, 1.807) is 18.2 Å². The molecule has 0 saturated carbocycles. The SMILES string of the molecule is CC(C)N1CCC(N)C1c1cccc(Cl)c1F. The molecule has 2 unspecified atom stereocenters. The molecule has 1 heterocycles. The molecule has 17 heavy (non-hydrogen) atoms. The Hall–Kier alpha value is -0.640. The zero-order valence-corrected chi connectivity index (χ0v) is 10.9. The molecule has 0 aromatic heterocycles. The number of nitrogens with two attached hydrogens (primary N) is 1. The Morgan fingerprint density at radius 1 is 1.47 bits per heavy atom. The summed E-state index contributed by atoms with van der Waals surface area (Å²) in [6, 6.07) is 5.41. The number of rotatable bonds is 2. The largest absolute Gasteiger partial charge is 0.326 e. The molecule has 2 atom stereocenters. The van der Waals surface area contributed by atoms with Crippen LogP contribution in [0, 0.1) is 5.82 Å². The molecular formula is C13H18ClFN2. The van der Waals surface area contributed by atoms with Gasteiger partial charge in [-0.3, -0.25) is 4.90 Å². The fraction of sp³-hybridized carbons (Fsp3) is 0.538. The molecule has 0 aliphatic carbocycles. The molecule has 1 aliphatic heterocycles. The summed E-state index contributed by atoms with van der Waals surface area (Å²) in [5, 5.41) is 0.172. The van der Waals surface area contributed by atoms with Crippen molar-refractivity contribution in [3.8, 4) is 0 Å². The smallest absolute Gasteiger partial charge is 0.146 e. The minimum atomic E-state index is -0.331. The van der Waals surface area contributed by atoms with Crippen molar-refractivity contribution in [1.29, 1.82) is 0 Å². The van der Waals surface area contributed by atoms with Crippen LogP contribution in [0.15, 0.2) is 18.2 Å². The lowest BCUT2D eigenvalue weighted by Gasteiger charge is -2.30. The molecule has 0 radical (unpaired) electrons. The maximum Gasteiger partial charge on any atom is 0.146 e. The predicted octanol–water partition coefficient (Wildman–Crippen LogP) is 2.96. The van der Waals surface area contributed by atoms with Crippen LogP contribution in [0.3, 0.4) is 0 Å². The third kappa shape index (κ3) is 2.32. The summed E-state index contributed by atoms with van der Waals surface area (Å²) < 4.78 is 14.0. The lowest BCUT2D eigenvalue weighted by atomic mass is 9.99. The van der Waals surface area contributed by atoms with Gasteiger partial charge in [-0.05, 0) is 26.3 Å². The Bertz CT molecular complexity index is 408. The highest BCUT2D eigenvalue weighted by Crippen LogP contribution is 2.35. The number of hydrogen-bond acceptors (Lipinski definition) is 2. The summed E-state index contributed by atoms with van der Waals surface area (Å²) in [6.07, 6.45) is 0.898. The van der Waals surface area contributed by atoms with Gasteiger partial charge in [-0.1, -0.05) is 23.7 Å². The molecule has 2 rings (SSSR count). The van der Waals surface area contributed by atoms with Crippen molar-refractivity contribution >= 4 is 11.6 Å². The number of benzene rings is 1. The van der Waals surface area contributed by atoms with E-state index < -0.39 is 0 Å². The Balaban J connectivity index is 2.40. The first-order chi connectivity index (χ1) is 8.02. The van der Waals surface area contributed by atoms with Gasteiger partial charge in [0.2, 0.25) is 0 Å². The van der Waals surface area contributed by atoms with Crippen LogP contribution in [0.2, 0.25) is 5.02 Å². The summed E-state index contributed by atoms with van der Waals surface area (Å²) in [7, 11) is 0. The number of hydrogen-bond donors (Lipinski definition) is 1. The van der Waals surface area contributed by atoms with Crippen molar-refractivity contribution in [3.63, 3.8) is 0 Å². The first-order valence-electron chi connectivity index (χ1n) is 5.97. The molecule has 0 amide bonds. The van der Waals surface area contributed by atoms with E-state index in [0.717, 1.165) is 13.0 Å². The second kappa shape index (κ2) is 4.92. The van der Waals surface area contributed by atoms with E-state index in [4.69, 9.17) is 17.3 Å². The van der Waals surface area contributed by atoms with Crippen LogP contribution in [-0.4, -0.2) is 23.5 Å². The van der Waals surface area contributed by atoms with E-state index in [0.29, 0.717) is 11.6 Å². The highest BCUT2D eigenvalue weighted by molar-refractivity contribution is 6.30. The van der Waals surface area contributed by atoms with Crippen molar-refractivity contribution in [2.45, 2.75) is 38.4 Å². The third-order valence-electron chi connectivity index (χ3n) is 3.45. The van der Waals surface area contributed by atoms with Gasteiger partial charge in [-0.2, -0.15) is 0 Å². The van der Waals surface area contributed by atoms with Gasteiger partial charge in [0.15, 0.2) is 0 Å². The van der Waals surface area contributed by atoms with E-state index in [1.807, 2.05) is 0 Å². The molecule has 1 aliphatic rings. The van der Waals surface area contributed by atoms with E-state index >= 15 is 0 Å². The average Bonchev–Trinajstić information content (AvgIpc) is 2.65.